The number of hydrogen-bond donors (Lipinski definition) is 1. The first-order valence-electron chi connectivity index (χ1n) is 6.55. The van der Waals surface area contributed by atoms with Crippen molar-refractivity contribution >= 4 is 35.0 Å². The number of H-pyrrole nitrogens is 1. The first kappa shape index (κ1) is 13.4. The van der Waals surface area contributed by atoms with Gasteiger partial charge in [0.25, 0.3) is 0 Å². The van der Waals surface area contributed by atoms with E-state index in [-0.39, 0.29) is 0 Å². The molecule has 2 heterocycles. The van der Waals surface area contributed by atoms with E-state index in [1.807, 2.05) is 40.6 Å². The molecule has 0 atom stereocenters. The highest BCUT2D eigenvalue weighted by Crippen LogP contribution is 2.26. The van der Waals surface area contributed by atoms with Gasteiger partial charge in [0, 0.05) is 7.05 Å². The van der Waals surface area contributed by atoms with Gasteiger partial charge in [-0.3, -0.25) is 4.57 Å². The summed E-state index contributed by atoms with van der Waals surface area (Å²) in [6.07, 6.45) is 1.97. The molecular weight excluding hydrogens is 292 g/mol. The normalized spacial score (nSPS) is 11.3. The van der Waals surface area contributed by atoms with Crippen molar-refractivity contribution in [2.45, 2.75) is 19.8 Å². The van der Waals surface area contributed by atoms with Crippen LogP contribution in [0.5, 0.6) is 0 Å². The van der Waals surface area contributed by atoms with Crippen molar-refractivity contribution in [2.24, 2.45) is 7.05 Å². The summed E-state index contributed by atoms with van der Waals surface area (Å²) in [5.74, 6) is 0. The SMILES string of the molecule is CCCc1nn(C)c2c1[nH]c(=S)n2-c1ccccc1Cl. The van der Waals surface area contributed by atoms with Gasteiger partial charge in [-0.2, -0.15) is 5.10 Å². The number of aromatic nitrogens is 4. The fourth-order valence-electron chi connectivity index (χ4n) is 2.48. The van der Waals surface area contributed by atoms with Crippen molar-refractivity contribution in [2.75, 3.05) is 0 Å². The average Bonchev–Trinajstić information content (AvgIpc) is 2.89. The number of rotatable bonds is 3. The summed E-state index contributed by atoms with van der Waals surface area (Å²) in [6.45, 7) is 2.14. The van der Waals surface area contributed by atoms with Gasteiger partial charge in [-0.25, -0.2) is 4.68 Å². The third kappa shape index (κ3) is 1.98. The van der Waals surface area contributed by atoms with Crippen LogP contribution in [0.1, 0.15) is 19.0 Å². The molecule has 0 radical (unpaired) electrons. The number of nitrogens with zero attached hydrogens (tertiary/aromatic N) is 3. The second kappa shape index (κ2) is 5.07. The molecule has 4 nitrogen and oxygen atoms in total. The van der Waals surface area contributed by atoms with Crippen molar-refractivity contribution in [1.29, 1.82) is 0 Å². The first-order valence-corrected chi connectivity index (χ1v) is 7.33. The molecule has 0 aliphatic heterocycles. The molecule has 3 rings (SSSR count). The largest absolute Gasteiger partial charge is 0.327 e. The van der Waals surface area contributed by atoms with Crippen LogP contribution in [0.25, 0.3) is 16.9 Å². The summed E-state index contributed by atoms with van der Waals surface area (Å²) in [4.78, 5) is 3.26. The lowest BCUT2D eigenvalue weighted by Gasteiger charge is -2.06. The monoisotopic (exact) mass is 306 g/mol. The Morgan fingerprint density at radius 1 is 1.35 bits per heavy atom. The fraction of sp³-hybridized carbons (Fsp3) is 0.286. The fourth-order valence-corrected chi connectivity index (χ4v) is 2.99. The third-order valence-electron chi connectivity index (χ3n) is 3.32. The number of aryl methyl sites for hydroxylation is 2. The Balaban J connectivity index is 2.35. The minimum atomic E-state index is 0.637. The predicted octanol–water partition coefficient (Wildman–Crippen LogP) is 4.03. The lowest BCUT2D eigenvalue weighted by molar-refractivity contribution is 0.735. The van der Waals surface area contributed by atoms with Crippen LogP contribution in [0.4, 0.5) is 0 Å². The highest BCUT2D eigenvalue weighted by molar-refractivity contribution is 7.71. The van der Waals surface area contributed by atoms with Gasteiger partial charge in [-0.05, 0) is 30.8 Å². The van der Waals surface area contributed by atoms with Crippen molar-refractivity contribution in [1.82, 2.24) is 19.3 Å². The summed E-state index contributed by atoms with van der Waals surface area (Å²) < 4.78 is 4.44. The molecule has 104 valence electrons. The first-order chi connectivity index (χ1) is 9.63. The molecule has 20 heavy (non-hydrogen) atoms. The second-order valence-electron chi connectivity index (χ2n) is 4.74. The van der Waals surface area contributed by atoms with Crippen LogP contribution in [0, 0.1) is 4.77 Å². The minimum Gasteiger partial charge on any atom is -0.327 e. The highest BCUT2D eigenvalue weighted by Gasteiger charge is 2.16. The van der Waals surface area contributed by atoms with Gasteiger partial charge in [0.1, 0.15) is 5.52 Å². The van der Waals surface area contributed by atoms with Crippen LogP contribution in [-0.4, -0.2) is 19.3 Å². The van der Waals surface area contributed by atoms with Crippen LogP contribution < -0.4 is 0 Å². The van der Waals surface area contributed by atoms with Crippen molar-refractivity contribution in [3.05, 3.63) is 39.8 Å². The van der Waals surface area contributed by atoms with E-state index in [4.69, 9.17) is 23.8 Å². The quantitative estimate of drug-likeness (QED) is 0.742. The Morgan fingerprint density at radius 2 is 2.10 bits per heavy atom. The highest BCUT2D eigenvalue weighted by atomic mass is 35.5. The Bertz CT molecular complexity index is 827. The van der Waals surface area contributed by atoms with Gasteiger partial charge < -0.3 is 4.98 Å². The van der Waals surface area contributed by atoms with Gasteiger partial charge in [0.2, 0.25) is 0 Å². The molecule has 1 aromatic carbocycles. The number of aromatic amines is 1. The van der Waals surface area contributed by atoms with E-state index in [2.05, 4.69) is 17.0 Å². The predicted molar refractivity (Wildman–Crippen MR) is 84.2 cm³/mol. The van der Waals surface area contributed by atoms with E-state index < -0.39 is 0 Å². The van der Waals surface area contributed by atoms with Crippen molar-refractivity contribution < 1.29 is 0 Å². The van der Waals surface area contributed by atoms with Gasteiger partial charge in [0.15, 0.2) is 10.4 Å². The van der Waals surface area contributed by atoms with Crippen LogP contribution in [-0.2, 0) is 13.5 Å². The molecule has 0 amide bonds. The summed E-state index contributed by atoms with van der Waals surface area (Å²) in [5, 5.41) is 5.24. The van der Waals surface area contributed by atoms with Gasteiger partial charge in [-0.1, -0.05) is 37.1 Å². The Kier molecular flexibility index (Phi) is 3.40. The maximum atomic E-state index is 6.30. The number of hydrogen-bond acceptors (Lipinski definition) is 2. The molecule has 2 aromatic heterocycles. The zero-order chi connectivity index (χ0) is 14.3. The number of benzene rings is 1. The average molecular weight is 307 g/mol. The van der Waals surface area contributed by atoms with Crippen LogP contribution in [0.2, 0.25) is 5.02 Å². The van der Waals surface area contributed by atoms with E-state index in [1.54, 1.807) is 0 Å². The van der Waals surface area contributed by atoms with E-state index >= 15 is 0 Å². The van der Waals surface area contributed by atoms with Crippen LogP contribution in [0.15, 0.2) is 24.3 Å². The van der Waals surface area contributed by atoms with Crippen molar-refractivity contribution in [3.63, 3.8) is 0 Å². The molecule has 0 aliphatic rings. The molecule has 0 saturated heterocycles. The zero-order valence-electron chi connectivity index (χ0n) is 11.4. The molecule has 0 fully saturated rings. The molecular formula is C14H15ClN4S. The van der Waals surface area contributed by atoms with Gasteiger partial charge in [-0.15, -0.1) is 0 Å². The molecule has 0 unspecified atom stereocenters. The number of imidazole rings is 1. The van der Waals surface area contributed by atoms with E-state index in [9.17, 15) is 0 Å². The van der Waals surface area contributed by atoms with E-state index in [0.717, 1.165) is 35.4 Å². The van der Waals surface area contributed by atoms with E-state index in [1.165, 1.54) is 0 Å². The molecule has 6 heteroatoms. The maximum absolute atomic E-state index is 6.30. The lowest BCUT2D eigenvalue weighted by atomic mass is 10.2. The maximum Gasteiger partial charge on any atom is 0.184 e. The topological polar surface area (TPSA) is 38.5 Å². The lowest BCUT2D eigenvalue weighted by Crippen LogP contribution is -2.01. The summed E-state index contributed by atoms with van der Waals surface area (Å²) in [5.41, 5.74) is 3.86. The number of fused-ring (bicyclic) bond motifs is 1. The van der Waals surface area contributed by atoms with Crippen LogP contribution >= 0.6 is 23.8 Å². The summed E-state index contributed by atoms with van der Waals surface area (Å²) in [6, 6.07) is 7.68. The summed E-state index contributed by atoms with van der Waals surface area (Å²) >= 11 is 11.8. The van der Waals surface area contributed by atoms with Gasteiger partial charge in [0.05, 0.1) is 16.4 Å². The zero-order valence-corrected chi connectivity index (χ0v) is 12.9. The molecule has 3 aromatic rings. The molecule has 0 saturated carbocycles. The minimum absolute atomic E-state index is 0.637. The Hall–Kier alpha value is -1.59. The molecule has 1 N–H and O–H groups in total. The third-order valence-corrected chi connectivity index (χ3v) is 3.92. The van der Waals surface area contributed by atoms with Crippen molar-refractivity contribution in [3.8, 4) is 5.69 Å². The molecule has 0 aliphatic carbocycles. The molecule has 0 bridgehead atoms. The number of halogens is 1. The Morgan fingerprint density at radius 3 is 2.80 bits per heavy atom. The smallest absolute Gasteiger partial charge is 0.184 e. The number of para-hydroxylation sites is 1. The molecule has 0 spiro atoms. The summed E-state index contributed by atoms with van der Waals surface area (Å²) in [7, 11) is 1.93. The Labute approximate surface area is 127 Å². The van der Waals surface area contributed by atoms with Gasteiger partial charge >= 0.3 is 0 Å². The standard InChI is InChI=1S/C14H15ClN4S/c1-3-6-10-12-13(18(2)17-10)19(14(20)16-12)11-8-5-4-7-9(11)15/h4-5,7-8H,3,6H2,1-2H3,(H,16,20). The second-order valence-corrected chi connectivity index (χ2v) is 5.53. The van der Waals surface area contributed by atoms with E-state index in [0.29, 0.717) is 9.79 Å². The van der Waals surface area contributed by atoms with Crippen LogP contribution in [0.3, 0.4) is 0 Å². The number of nitrogens with one attached hydrogen (secondary N) is 1.